The van der Waals surface area contributed by atoms with Crippen LogP contribution in [0.2, 0.25) is 0 Å². The molecule has 2 aromatic rings. The van der Waals surface area contributed by atoms with Crippen molar-refractivity contribution < 1.29 is 13.5 Å². The Morgan fingerprint density at radius 2 is 2.29 bits per heavy atom. The second kappa shape index (κ2) is 5.22. The number of halogens is 2. The van der Waals surface area contributed by atoms with Gasteiger partial charge in [0.25, 0.3) is 6.43 Å². The zero-order valence-corrected chi connectivity index (χ0v) is 9.93. The zero-order chi connectivity index (χ0) is 12.3. The Kier molecular flexibility index (Phi) is 3.68. The van der Waals surface area contributed by atoms with Gasteiger partial charge in [-0.1, -0.05) is 0 Å². The first-order valence-corrected chi connectivity index (χ1v) is 5.98. The summed E-state index contributed by atoms with van der Waals surface area (Å²) in [4.78, 5) is 8.30. The first-order valence-electron chi connectivity index (χ1n) is 5.10. The van der Waals surface area contributed by atoms with Crippen LogP contribution in [0.15, 0.2) is 11.4 Å². The Hall–Kier alpha value is -1.50. The molecule has 0 saturated heterocycles. The Labute approximate surface area is 101 Å². The van der Waals surface area contributed by atoms with E-state index in [-0.39, 0.29) is 5.88 Å². The van der Waals surface area contributed by atoms with Crippen molar-refractivity contribution in [2.45, 2.75) is 13.3 Å². The Balaban J connectivity index is 2.32. The average molecular weight is 259 g/mol. The molecule has 1 N–H and O–H groups in total. The minimum absolute atomic E-state index is 0.209. The molecule has 0 fully saturated rings. The normalized spacial score (nSPS) is 11.1. The lowest BCUT2D eigenvalue weighted by molar-refractivity contribution is 0.0805. The van der Waals surface area contributed by atoms with E-state index in [4.69, 9.17) is 4.74 Å². The first kappa shape index (κ1) is 12.0. The molecule has 0 atom stereocenters. The monoisotopic (exact) mass is 259 g/mol. The van der Waals surface area contributed by atoms with Crippen LogP contribution in [0.1, 0.15) is 6.92 Å². The van der Waals surface area contributed by atoms with Gasteiger partial charge in [-0.3, -0.25) is 0 Å². The molecule has 92 valence electrons. The number of rotatable bonds is 5. The van der Waals surface area contributed by atoms with E-state index < -0.39 is 13.0 Å². The van der Waals surface area contributed by atoms with Gasteiger partial charge in [0.15, 0.2) is 6.61 Å². The first-order chi connectivity index (χ1) is 8.20. The fraction of sp³-hybridized carbons (Fsp3) is 0.400. The van der Waals surface area contributed by atoms with E-state index in [1.165, 1.54) is 11.3 Å². The van der Waals surface area contributed by atoms with E-state index in [1.807, 2.05) is 12.3 Å². The fourth-order valence-electron chi connectivity index (χ4n) is 1.31. The number of hydrogen-bond acceptors (Lipinski definition) is 5. The van der Waals surface area contributed by atoms with Crippen LogP contribution in [0.5, 0.6) is 5.88 Å². The van der Waals surface area contributed by atoms with E-state index >= 15 is 0 Å². The number of nitrogens with zero attached hydrogens (tertiary/aromatic N) is 2. The van der Waals surface area contributed by atoms with Gasteiger partial charge in [0.2, 0.25) is 11.8 Å². The lowest BCUT2D eigenvalue weighted by Gasteiger charge is -2.07. The second-order valence-corrected chi connectivity index (χ2v) is 4.14. The smallest absolute Gasteiger partial charge is 0.272 e. The molecule has 17 heavy (non-hydrogen) atoms. The summed E-state index contributed by atoms with van der Waals surface area (Å²) in [6.07, 6.45) is -2.51. The van der Waals surface area contributed by atoms with Crippen LogP contribution in [0.4, 0.5) is 14.7 Å². The van der Waals surface area contributed by atoms with Crippen LogP contribution in [-0.4, -0.2) is 29.5 Å². The summed E-state index contributed by atoms with van der Waals surface area (Å²) < 4.78 is 29.9. The van der Waals surface area contributed by atoms with Crippen molar-refractivity contribution in [3.63, 3.8) is 0 Å². The van der Waals surface area contributed by atoms with Gasteiger partial charge >= 0.3 is 0 Å². The molecule has 0 aliphatic carbocycles. The van der Waals surface area contributed by atoms with Crippen molar-refractivity contribution in [2.24, 2.45) is 0 Å². The summed E-state index contributed by atoms with van der Waals surface area (Å²) in [5.74, 6) is 0.601. The number of anilines is 1. The second-order valence-electron chi connectivity index (χ2n) is 3.22. The molecule has 7 heteroatoms. The zero-order valence-electron chi connectivity index (χ0n) is 9.11. The number of nitrogens with one attached hydrogen (secondary N) is 1. The van der Waals surface area contributed by atoms with Gasteiger partial charge in [0, 0.05) is 6.54 Å². The quantitative estimate of drug-likeness (QED) is 0.897. The molecule has 0 saturated carbocycles. The van der Waals surface area contributed by atoms with Crippen molar-refractivity contribution in [2.75, 3.05) is 18.5 Å². The van der Waals surface area contributed by atoms with Crippen LogP contribution in [0.25, 0.3) is 10.2 Å². The van der Waals surface area contributed by atoms with Crippen LogP contribution >= 0.6 is 11.3 Å². The third-order valence-corrected chi connectivity index (χ3v) is 2.85. The number of thiophene rings is 1. The molecule has 0 aliphatic rings. The molecule has 0 amide bonds. The third-order valence-electron chi connectivity index (χ3n) is 1.95. The highest BCUT2D eigenvalue weighted by atomic mass is 32.1. The minimum Gasteiger partial charge on any atom is -0.470 e. The van der Waals surface area contributed by atoms with E-state index in [0.717, 1.165) is 0 Å². The van der Waals surface area contributed by atoms with E-state index in [9.17, 15) is 8.78 Å². The molecule has 2 aromatic heterocycles. The van der Waals surface area contributed by atoms with Crippen molar-refractivity contribution >= 4 is 27.5 Å². The van der Waals surface area contributed by atoms with Crippen LogP contribution in [0.3, 0.4) is 0 Å². The highest BCUT2D eigenvalue weighted by Gasteiger charge is 2.12. The summed E-state index contributed by atoms with van der Waals surface area (Å²) in [5, 5.41) is 4.76. The van der Waals surface area contributed by atoms with Gasteiger partial charge < -0.3 is 10.1 Å². The van der Waals surface area contributed by atoms with E-state index in [2.05, 4.69) is 15.3 Å². The summed E-state index contributed by atoms with van der Waals surface area (Å²) in [6, 6.07) is 1.80. The summed E-state index contributed by atoms with van der Waals surface area (Å²) in [7, 11) is 0. The number of hydrogen-bond donors (Lipinski definition) is 1. The Bertz CT molecular complexity index is 503. The van der Waals surface area contributed by atoms with Crippen LogP contribution < -0.4 is 10.1 Å². The van der Waals surface area contributed by atoms with E-state index in [1.54, 1.807) is 6.07 Å². The maximum absolute atomic E-state index is 12.1. The number of alkyl halides is 2. The SMILES string of the molecule is CCNc1nc(OCC(F)F)c2sccc2n1. The lowest BCUT2D eigenvalue weighted by atomic mass is 10.4. The summed E-state index contributed by atoms with van der Waals surface area (Å²) in [5.41, 5.74) is 0.699. The molecular formula is C10H11F2N3OS. The standard InChI is InChI=1S/C10H11F2N3OS/c1-2-13-10-14-6-3-4-17-8(6)9(15-10)16-5-7(11)12/h3-4,7H,2,5H2,1H3,(H,13,14,15). The van der Waals surface area contributed by atoms with Crippen LogP contribution in [-0.2, 0) is 0 Å². The molecule has 0 aliphatic heterocycles. The van der Waals surface area contributed by atoms with Crippen molar-refractivity contribution in [1.82, 2.24) is 9.97 Å². The van der Waals surface area contributed by atoms with E-state index in [0.29, 0.717) is 22.7 Å². The predicted molar refractivity (Wildman–Crippen MR) is 63.1 cm³/mol. The topological polar surface area (TPSA) is 47.0 Å². The van der Waals surface area contributed by atoms with Gasteiger partial charge in [-0.2, -0.15) is 4.98 Å². The molecule has 0 spiro atoms. The molecule has 0 aromatic carbocycles. The highest BCUT2D eigenvalue weighted by Crippen LogP contribution is 2.29. The van der Waals surface area contributed by atoms with Gasteiger partial charge in [-0.05, 0) is 18.4 Å². The number of ether oxygens (including phenoxy) is 1. The number of aromatic nitrogens is 2. The van der Waals surface area contributed by atoms with Gasteiger partial charge in [-0.15, -0.1) is 11.3 Å². The lowest BCUT2D eigenvalue weighted by Crippen LogP contribution is -2.10. The molecular weight excluding hydrogens is 248 g/mol. The molecule has 0 bridgehead atoms. The van der Waals surface area contributed by atoms with Crippen molar-refractivity contribution in [3.8, 4) is 5.88 Å². The van der Waals surface area contributed by atoms with Gasteiger partial charge in [0.1, 0.15) is 4.70 Å². The molecule has 0 unspecified atom stereocenters. The predicted octanol–water partition coefficient (Wildman–Crippen LogP) is 2.77. The maximum atomic E-state index is 12.1. The summed E-state index contributed by atoms with van der Waals surface area (Å²) in [6.45, 7) is 1.90. The average Bonchev–Trinajstić information content (AvgIpc) is 2.74. The molecule has 4 nitrogen and oxygen atoms in total. The molecule has 0 radical (unpaired) electrons. The van der Waals surface area contributed by atoms with Crippen LogP contribution in [0, 0.1) is 0 Å². The molecule has 2 rings (SSSR count). The summed E-state index contributed by atoms with van der Waals surface area (Å²) >= 11 is 1.37. The fourth-order valence-corrected chi connectivity index (χ4v) is 2.09. The Morgan fingerprint density at radius 3 is 3.00 bits per heavy atom. The van der Waals surface area contributed by atoms with Gasteiger partial charge in [-0.25, -0.2) is 13.8 Å². The number of fused-ring (bicyclic) bond motifs is 1. The van der Waals surface area contributed by atoms with Crippen molar-refractivity contribution in [3.05, 3.63) is 11.4 Å². The molecule has 2 heterocycles. The van der Waals surface area contributed by atoms with Gasteiger partial charge in [0.05, 0.1) is 5.52 Å². The Morgan fingerprint density at radius 1 is 1.47 bits per heavy atom. The largest absolute Gasteiger partial charge is 0.470 e. The minimum atomic E-state index is -2.51. The maximum Gasteiger partial charge on any atom is 0.272 e. The van der Waals surface area contributed by atoms with Crippen molar-refractivity contribution in [1.29, 1.82) is 0 Å². The third kappa shape index (κ3) is 2.79. The highest BCUT2D eigenvalue weighted by molar-refractivity contribution is 7.17.